The number of carbonyl (C=O) groups excluding carboxylic acids is 1. The van der Waals surface area contributed by atoms with Crippen LogP contribution in [0.15, 0.2) is 4.52 Å². The van der Waals surface area contributed by atoms with Crippen molar-refractivity contribution in [1.82, 2.24) is 5.27 Å². The smallest absolute Gasteiger partial charge is 0.308 e. The Hall–Kier alpha value is -1.43. The zero-order valence-corrected chi connectivity index (χ0v) is 9.31. The van der Waals surface area contributed by atoms with Gasteiger partial charge >= 0.3 is 11.6 Å². The molecule has 0 bridgehead atoms. The molecule has 1 amide bonds. The van der Waals surface area contributed by atoms with Gasteiger partial charge in [-0.15, -0.1) is 0 Å². The van der Waals surface area contributed by atoms with E-state index in [2.05, 4.69) is 10.6 Å². The summed E-state index contributed by atoms with van der Waals surface area (Å²) in [6, 6.07) is 0.0564. The van der Waals surface area contributed by atoms with Crippen LogP contribution in [0, 0.1) is 0 Å². The van der Waals surface area contributed by atoms with E-state index in [4.69, 9.17) is 4.52 Å². The fourth-order valence-electron chi connectivity index (χ4n) is 1.28. The number of aliphatic hydroxyl groups is 1. The molecule has 0 fully saturated rings. The zero-order chi connectivity index (χ0) is 11.6. The van der Waals surface area contributed by atoms with Gasteiger partial charge in [0.2, 0.25) is 11.2 Å². The highest BCUT2D eigenvalue weighted by Gasteiger charge is 2.31. The zero-order valence-electron chi connectivity index (χ0n) is 9.31. The van der Waals surface area contributed by atoms with Crippen LogP contribution in [0.5, 0.6) is 0 Å². The van der Waals surface area contributed by atoms with E-state index in [0.717, 1.165) is 0 Å². The van der Waals surface area contributed by atoms with Gasteiger partial charge in [-0.3, -0.25) is 14.6 Å². The summed E-state index contributed by atoms with van der Waals surface area (Å²) in [4.78, 5) is 10.9. The molecule has 1 unspecified atom stereocenters. The maximum atomic E-state index is 10.9. The van der Waals surface area contributed by atoms with Crippen LogP contribution in [-0.4, -0.2) is 16.3 Å². The molecule has 6 heteroatoms. The van der Waals surface area contributed by atoms with Crippen molar-refractivity contribution in [2.24, 2.45) is 0 Å². The standard InChI is InChI=1S/C9H15N3O3/c1-5(2)12-8(6(3)13)9(15-11-12)10-7(4)14/h5-6,13H,1-4H3/p+1. The maximum absolute atomic E-state index is 10.9. The molecule has 0 radical (unpaired) electrons. The van der Waals surface area contributed by atoms with Gasteiger partial charge < -0.3 is 5.11 Å². The molecule has 15 heavy (non-hydrogen) atoms. The van der Waals surface area contributed by atoms with Crippen LogP contribution in [0.4, 0.5) is 5.88 Å². The topological polar surface area (TPSA) is 79.2 Å². The predicted octanol–water partition coefficient (Wildman–Crippen LogP) is 0.555. The number of amides is 1. The lowest BCUT2D eigenvalue weighted by atomic mass is 10.2. The normalized spacial score (nSPS) is 12.9. The minimum Gasteiger partial charge on any atom is -0.382 e. The van der Waals surface area contributed by atoms with E-state index >= 15 is 0 Å². The molecule has 0 aliphatic carbocycles. The van der Waals surface area contributed by atoms with E-state index in [1.807, 2.05) is 13.8 Å². The third kappa shape index (κ3) is 2.53. The highest BCUT2D eigenvalue weighted by molar-refractivity contribution is 5.87. The predicted molar refractivity (Wildman–Crippen MR) is 52.0 cm³/mol. The van der Waals surface area contributed by atoms with Gasteiger partial charge in [0, 0.05) is 20.8 Å². The summed E-state index contributed by atoms with van der Waals surface area (Å²) < 4.78 is 6.49. The van der Waals surface area contributed by atoms with Crippen molar-refractivity contribution in [3.8, 4) is 0 Å². The summed E-state index contributed by atoms with van der Waals surface area (Å²) in [5.74, 6) is -0.0600. The SMILES string of the molecule is CC(=O)Nc1on[n+](C(C)C)c1C(C)O. The van der Waals surface area contributed by atoms with Gasteiger partial charge in [-0.05, 0) is 11.6 Å². The second kappa shape index (κ2) is 4.39. The van der Waals surface area contributed by atoms with Crippen LogP contribution in [-0.2, 0) is 4.79 Å². The minimum absolute atomic E-state index is 0.0564. The largest absolute Gasteiger partial charge is 0.382 e. The molecule has 0 saturated heterocycles. The fourth-order valence-corrected chi connectivity index (χ4v) is 1.28. The van der Waals surface area contributed by atoms with Crippen LogP contribution in [0.1, 0.15) is 45.5 Å². The minimum atomic E-state index is -0.750. The van der Waals surface area contributed by atoms with E-state index in [1.54, 1.807) is 6.92 Å². The van der Waals surface area contributed by atoms with Gasteiger partial charge in [0.1, 0.15) is 6.10 Å². The highest BCUT2D eigenvalue weighted by atomic mass is 16.5. The third-order valence-corrected chi connectivity index (χ3v) is 1.87. The Bertz CT molecular complexity index is 357. The number of aromatic nitrogens is 2. The first-order valence-electron chi connectivity index (χ1n) is 4.80. The fraction of sp³-hybridized carbons (Fsp3) is 0.667. The van der Waals surface area contributed by atoms with Crippen LogP contribution < -0.4 is 10.00 Å². The van der Waals surface area contributed by atoms with Crippen LogP contribution in [0.2, 0.25) is 0 Å². The van der Waals surface area contributed by atoms with Crippen molar-refractivity contribution in [2.75, 3.05) is 5.32 Å². The van der Waals surface area contributed by atoms with Crippen molar-refractivity contribution >= 4 is 11.8 Å². The summed E-state index contributed by atoms with van der Waals surface area (Å²) >= 11 is 0. The van der Waals surface area contributed by atoms with E-state index in [1.165, 1.54) is 11.6 Å². The summed E-state index contributed by atoms with van der Waals surface area (Å²) in [6.45, 7) is 6.78. The average Bonchev–Trinajstić information content (AvgIpc) is 2.46. The third-order valence-electron chi connectivity index (χ3n) is 1.87. The molecular weight excluding hydrogens is 198 g/mol. The molecule has 84 valence electrons. The first kappa shape index (κ1) is 11.6. The van der Waals surface area contributed by atoms with Crippen LogP contribution in [0.25, 0.3) is 0 Å². The van der Waals surface area contributed by atoms with E-state index in [-0.39, 0.29) is 17.8 Å². The Kier molecular flexibility index (Phi) is 3.41. The Morgan fingerprint density at radius 3 is 2.53 bits per heavy atom. The second-order valence-electron chi connectivity index (χ2n) is 3.68. The summed E-state index contributed by atoms with van der Waals surface area (Å²) in [5.41, 5.74) is 0.472. The van der Waals surface area contributed by atoms with Crippen molar-refractivity contribution in [2.45, 2.75) is 39.8 Å². The van der Waals surface area contributed by atoms with E-state index in [0.29, 0.717) is 5.69 Å². The Balaban J connectivity index is 3.12. The molecule has 1 aromatic heterocycles. The molecule has 0 aliphatic heterocycles. The second-order valence-corrected chi connectivity index (χ2v) is 3.68. The number of hydrogen-bond donors (Lipinski definition) is 2. The number of hydrogen-bond acceptors (Lipinski definition) is 4. The molecule has 2 N–H and O–H groups in total. The first-order valence-corrected chi connectivity index (χ1v) is 4.80. The van der Waals surface area contributed by atoms with E-state index in [9.17, 15) is 9.90 Å². The van der Waals surface area contributed by atoms with Gasteiger partial charge in [-0.25, -0.2) is 0 Å². The molecule has 0 spiro atoms. The van der Waals surface area contributed by atoms with Crippen molar-refractivity contribution < 1.29 is 19.1 Å². The number of nitrogens with one attached hydrogen (secondary N) is 1. The Morgan fingerprint density at radius 1 is 1.53 bits per heavy atom. The number of anilines is 1. The highest BCUT2D eigenvalue weighted by Crippen LogP contribution is 2.19. The Morgan fingerprint density at radius 2 is 2.13 bits per heavy atom. The summed E-state index contributed by atoms with van der Waals surface area (Å²) in [5, 5.41) is 15.8. The van der Waals surface area contributed by atoms with Gasteiger partial charge in [-0.2, -0.15) is 0 Å². The molecule has 0 saturated carbocycles. The van der Waals surface area contributed by atoms with Crippen LogP contribution in [0.3, 0.4) is 0 Å². The molecule has 1 atom stereocenters. The summed E-state index contributed by atoms with van der Waals surface area (Å²) in [6.07, 6.45) is -0.750. The first-order chi connectivity index (χ1) is 6.93. The van der Waals surface area contributed by atoms with Gasteiger partial charge in [0.25, 0.3) is 0 Å². The molecule has 1 aromatic rings. The monoisotopic (exact) mass is 214 g/mol. The molecule has 0 aliphatic rings. The number of rotatable bonds is 3. The molecule has 6 nitrogen and oxygen atoms in total. The average molecular weight is 214 g/mol. The quantitative estimate of drug-likeness (QED) is 0.720. The molecule has 1 rings (SSSR count). The van der Waals surface area contributed by atoms with Gasteiger partial charge in [-0.1, -0.05) is 0 Å². The molecule has 1 heterocycles. The lowest BCUT2D eigenvalue weighted by Crippen LogP contribution is -2.42. The Labute approximate surface area is 87.9 Å². The maximum Gasteiger partial charge on any atom is 0.308 e. The van der Waals surface area contributed by atoms with Crippen molar-refractivity contribution in [3.05, 3.63) is 5.69 Å². The van der Waals surface area contributed by atoms with E-state index < -0.39 is 6.10 Å². The molecule has 0 aromatic carbocycles. The number of nitrogens with zero attached hydrogens (tertiary/aromatic N) is 2. The lowest BCUT2D eigenvalue weighted by molar-refractivity contribution is -0.787. The lowest BCUT2D eigenvalue weighted by Gasteiger charge is -2.01. The van der Waals surface area contributed by atoms with Gasteiger partial charge in [0.05, 0.1) is 0 Å². The van der Waals surface area contributed by atoms with Crippen molar-refractivity contribution in [3.63, 3.8) is 0 Å². The van der Waals surface area contributed by atoms with Crippen molar-refractivity contribution in [1.29, 1.82) is 0 Å². The number of aliphatic hydroxyl groups excluding tert-OH is 1. The number of carbonyl (C=O) groups is 1. The molecular formula is C9H16N3O3+. The summed E-state index contributed by atoms with van der Waals surface area (Å²) in [7, 11) is 0. The van der Waals surface area contributed by atoms with Crippen LogP contribution >= 0.6 is 0 Å². The van der Waals surface area contributed by atoms with Gasteiger partial charge in [0.15, 0.2) is 6.04 Å².